The lowest BCUT2D eigenvalue weighted by Gasteiger charge is -2.22. The van der Waals surface area contributed by atoms with Crippen LogP contribution in [0.2, 0.25) is 0 Å². The van der Waals surface area contributed by atoms with Crippen LogP contribution in [0.15, 0.2) is 108 Å². The lowest BCUT2D eigenvalue weighted by molar-refractivity contribution is -0.135. The molecule has 0 aliphatic heterocycles. The maximum absolute atomic E-state index is 14.4. The molecule has 4 aromatic rings. The van der Waals surface area contributed by atoms with Crippen LogP contribution in [-0.4, -0.2) is 145 Å². The van der Waals surface area contributed by atoms with E-state index in [4.69, 9.17) is 52.4 Å². The Bertz CT molecular complexity index is 3480. The van der Waals surface area contributed by atoms with Gasteiger partial charge in [0, 0.05) is 28.3 Å². The van der Waals surface area contributed by atoms with Crippen molar-refractivity contribution in [3.05, 3.63) is 131 Å². The van der Waals surface area contributed by atoms with Gasteiger partial charge in [0.25, 0.3) is 29.5 Å². The molecule has 1 aliphatic carbocycles. The number of rotatable bonds is 40. The number of carbonyl (C=O) groups excluding carboxylic acids is 10. The van der Waals surface area contributed by atoms with Gasteiger partial charge in [-0.1, -0.05) is 43.9 Å². The minimum atomic E-state index is -1.20. The largest absolute Gasteiger partial charge is 0.496 e. The minimum absolute atomic E-state index is 0.0254. The van der Waals surface area contributed by atoms with Crippen molar-refractivity contribution in [1.82, 2.24) is 21.3 Å². The molecular formula is C68H91N13O15. The highest BCUT2D eigenvalue weighted by Crippen LogP contribution is 2.29. The molecule has 1 aliphatic rings. The summed E-state index contributed by atoms with van der Waals surface area (Å²) < 4.78 is 26.7. The molecule has 0 spiro atoms. The van der Waals surface area contributed by atoms with E-state index in [0.717, 1.165) is 0 Å². The number of primary amides is 1. The molecule has 5 rings (SSSR count). The lowest BCUT2D eigenvalue weighted by Crippen LogP contribution is -2.45. The lowest BCUT2D eigenvalue weighted by atomic mass is 10.0. The van der Waals surface area contributed by atoms with Crippen molar-refractivity contribution in [2.24, 2.45) is 28.7 Å². The predicted molar refractivity (Wildman–Crippen MR) is 364 cm³/mol. The fourth-order valence-corrected chi connectivity index (χ4v) is 10.2. The summed E-state index contributed by atoms with van der Waals surface area (Å²) in [5.74, 6) is -6.32. The number of anilines is 4. The number of esters is 1. The fourth-order valence-electron chi connectivity index (χ4n) is 10.2. The summed E-state index contributed by atoms with van der Waals surface area (Å²) in [4.78, 5) is 138. The second-order valence-corrected chi connectivity index (χ2v) is 22.3. The van der Waals surface area contributed by atoms with Gasteiger partial charge in [0.1, 0.15) is 47.2 Å². The van der Waals surface area contributed by atoms with Crippen LogP contribution in [0.1, 0.15) is 138 Å². The van der Waals surface area contributed by atoms with Crippen molar-refractivity contribution in [1.29, 1.82) is 0 Å². The first-order chi connectivity index (χ1) is 46.3. The number of nitrogens with two attached hydrogens (primary N) is 5. The zero-order chi connectivity index (χ0) is 70.1. The van der Waals surface area contributed by atoms with E-state index in [-0.39, 0.29) is 105 Å². The first-order valence-corrected chi connectivity index (χ1v) is 31.7. The summed E-state index contributed by atoms with van der Waals surface area (Å²) in [5.41, 5.74) is 29.4. The highest BCUT2D eigenvalue weighted by Gasteiger charge is 2.30. The molecule has 28 heteroatoms. The maximum atomic E-state index is 14.4. The molecule has 96 heavy (non-hydrogen) atoms. The third-order valence-corrected chi connectivity index (χ3v) is 15.4. The van der Waals surface area contributed by atoms with E-state index in [1.165, 1.54) is 114 Å². The molecule has 0 saturated heterocycles. The normalized spacial score (nSPS) is 12.9. The Morgan fingerprint density at radius 3 is 1.01 bits per heavy atom. The molecule has 0 aromatic heterocycles. The van der Waals surface area contributed by atoms with E-state index in [1.807, 2.05) is 0 Å². The SMILES string of the molecule is COC(=O)C1=CCC=CC(C(=O)N[C@@H](CCCCCN)C(=O)Nc2ccc(OC)c(C(=O)N[C@@H](CCCCCN)C(=O)Nc3ccc(OC)c(C(=O)N[C@@H](CCCCN)C(=O)Nc4ccc(OC)c(C(=O)NC(CCCCN)C(=O)Nc5ccc(OC)c(C(N)=O)c5)c4)c3)c2)=C1. The van der Waals surface area contributed by atoms with E-state index in [2.05, 4.69) is 42.5 Å². The Hall–Kier alpha value is -10.2. The van der Waals surface area contributed by atoms with Gasteiger partial charge in [-0.15, -0.1) is 0 Å². The van der Waals surface area contributed by atoms with Crippen LogP contribution in [0.3, 0.4) is 0 Å². The number of allylic oxidation sites excluding steroid dienone is 2. The number of nitrogens with one attached hydrogen (secondary N) is 8. The quantitative estimate of drug-likeness (QED) is 0.0211. The molecule has 0 radical (unpaired) electrons. The Labute approximate surface area is 558 Å². The highest BCUT2D eigenvalue weighted by atomic mass is 16.5. The standard InChI is InChI=1S/C68H91N13O15/c1-92-55-28-24-43(37-47(55)59(73)82)74-66(89)53(22-12-16-34-71)80-62(85)50-40-46(27-31-58(50)95-4)77-67(90)54(23-13-17-35-72)81-63(86)49-39-45(26-30-57(49)94-3)76-65(88)52(21-9-7-15-33-70)79-61(84)48-38-44(25-29-56(48)93-2)75-64(87)51(20-8-6-14-32-69)78-60(83)41-18-10-11-19-42(36-41)68(91)96-5/h10,18-19,24-31,36-40,51-54H,6-9,11-17,20-23,32-35,69-72H2,1-5H3,(H2,73,82)(H,74,89)(H,75,87)(H,76,88)(H,77,90)(H,78,83)(H,79,84)(H,80,85)(H,81,86)/t51-,52-,53?,54-/m0/s1. The van der Waals surface area contributed by atoms with Gasteiger partial charge in [-0.2, -0.15) is 0 Å². The Kier molecular flexibility index (Phi) is 32.0. The average molecular weight is 1330 g/mol. The summed E-state index contributed by atoms with van der Waals surface area (Å²) in [5, 5.41) is 22.3. The molecule has 1 unspecified atom stereocenters. The second-order valence-electron chi connectivity index (χ2n) is 22.3. The average Bonchev–Trinajstić information content (AvgIpc) is 1.16. The number of amides is 9. The summed E-state index contributed by atoms with van der Waals surface area (Å²) in [6.45, 7) is 1.46. The van der Waals surface area contributed by atoms with Crippen LogP contribution in [-0.2, 0) is 33.5 Å². The summed E-state index contributed by atoms with van der Waals surface area (Å²) >= 11 is 0. The molecule has 4 aromatic carbocycles. The third-order valence-electron chi connectivity index (χ3n) is 15.4. The number of hydrogen-bond donors (Lipinski definition) is 13. The van der Waals surface area contributed by atoms with Crippen molar-refractivity contribution >= 4 is 81.9 Å². The van der Waals surface area contributed by atoms with E-state index in [9.17, 15) is 47.9 Å². The zero-order valence-corrected chi connectivity index (χ0v) is 55.0. The van der Waals surface area contributed by atoms with E-state index < -0.39 is 83.3 Å². The molecule has 0 bridgehead atoms. The van der Waals surface area contributed by atoms with E-state index >= 15 is 0 Å². The number of unbranched alkanes of at least 4 members (excludes halogenated alkanes) is 6. The first-order valence-electron chi connectivity index (χ1n) is 31.7. The van der Waals surface area contributed by atoms with Gasteiger partial charge in [0.05, 0.1) is 63.4 Å². The van der Waals surface area contributed by atoms with Crippen molar-refractivity contribution in [2.75, 3.05) is 83.0 Å². The zero-order valence-electron chi connectivity index (χ0n) is 55.0. The molecule has 0 fully saturated rings. The molecular weight excluding hydrogens is 1240 g/mol. The minimum Gasteiger partial charge on any atom is -0.496 e. The Morgan fingerprint density at radius 2 is 0.698 bits per heavy atom. The van der Waals surface area contributed by atoms with E-state index in [0.29, 0.717) is 96.8 Å². The van der Waals surface area contributed by atoms with Crippen LogP contribution < -0.4 is 90.2 Å². The van der Waals surface area contributed by atoms with Gasteiger partial charge in [-0.3, -0.25) is 43.2 Å². The number of benzene rings is 4. The van der Waals surface area contributed by atoms with Crippen LogP contribution >= 0.6 is 0 Å². The molecule has 0 saturated carbocycles. The van der Waals surface area contributed by atoms with Crippen molar-refractivity contribution in [2.45, 2.75) is 120 Å². The van der Waals surface area contributed by atoms with Gasteiger partial charge in [-0.25, -0.2) is 4.79 Å². The predicted octanol–water partition coefficient (Wildman–Crippen LogP) is 4.74. The van der Waals surface area contributed by atoms with Crippen LogP contribution in [0.25, 0.3) is 0 Å². The monoisotopic (exact) mass is 1330 g/mol. The summed E-state index contributed by atoms with van der Waals surface area (Å²) in [6, 6.07) is 12.7. The Morgan fingerprint density at radius 1 is 0.396 bits per heavy atom. The van der Waals surface area contributed by atoms with Gasteiger partial charge in [-0.05, 0) is 176 Å². The van der Waals surface area contributed by atoms with Gasteiger partial charge < -0.3 is 94.9 Å². The summed E-state index contributed by atoms with van der Waals surface area (Å²) in [7, 11) is 6.63. The third kappa shape index (κ3) is 23.4. The molecule has 4 atom stereocenters. The molecule has 518 valence electrons. The number of carbonyl (C=O) groups is 10. The number of methoxy groups -OCH3 is 5. The summed E-state index contributed by atoms with van der Waals surface area (Å²) in [6.07, 6.45) is 12.8. The smallest absolute Gasteiger partial charge is 0.337 e. The van der Waals surface area contributed by atoms with Gasteiger partial charge in [0.2, 0.25) is 23.6 Å². The topological polar surface area (TPSA) is 443 Å². The number of ether oxygens (including phenoxy) is 5. The Balaban J connectivity index is 1.35. The molecule has 18 N–H and O–H groups in total. The fraction of sp³-hybridized carbons (Fsp3) is 0.412. The van der Waals surface area contributed by atoms with E-state index in [1.54, 1.807) is 18.2 Å². The van der Waals surface area contributed by atoms with Crippen molar-refractivity contribution < 1.29 is 71.6 Å². The molecule has 9 amide bonds. The molecule has 0 heterocycles. The van der Waals surface area contributed by atoms with Crippen LogP contribution in [0.5, 0.6) is 23.0 Å². The van der Waals surface area contributed by atoms with Crippen LogP contribution in [0.4, 0.5) is 22.7 Å². The second kappa shape index (κ2) is 40.2. The van der Waals surface area contributed by atoms with Gasteiger partial charge >= 0.3 is 5.97 Å². The maximum Gasteiger partial charge on any atom is 0.337 e. The molecule has 28 nitrogen and oxygen atoms in total. The first kappa shape index (κ1) is 76.6. The van der Waals surface area contributed by atoms with Crippen LogP contribution in [0, 0.1) is 0 Å². The van der Waals surface area contributed by atoms with Gasteiger partial charge in [0.15, 0.2) is 0 Å². The van der Waals surface area contributed by atoms with Crippen molar-refractivity contribution in [3.8, 4) is 23.0 Å². The highest BCUT2D eigenvalue weighted by molar-refractivity contribution is 6.08. The van der Waals surface area contributed by atoms with Crippen molar-refractivity contribution in [3.63, 3.8) is 0 Å². The number of hydrogen-bond acceptors (Lipinski definition) is 19.